The molecule has 2 aliphatic rings. The van der Waals surface area contributed by atoms with E-state index in [2.05, 4.69) is 0 Å². The third kappa shape index (κ3) is 4.92. The largest absolute Gasteiger partial charge is 0.379 e. The second kappa shape index (κ2) is 9.57. The van der Waals surface area contributed by atoms with Crippen LogP contribution in [0.15, 0.2) is 46.7 Å². The second-order valence-electron chi connectivity index (χ2n) is 7.44. The summed E-state index contributed by atoms with van der Waals surface area (Å²) in [6, 6.07) is 10.3. The first kappa shape index (κ1) is 21.5. The predicted octanol–water partition coefficient (Wildman–Crippen LogP) is 2.59. The number of morpholine rings is 1. The molecule has 2 saturated heterocycles. The van der Waals surface area contributed by atoms with Gasteiger partial charge < -0.3 is 14.4 Å². The van der Waals surface area contributed by atoms with E-state index in [1.54, 1.807) is 34.4 Å². The Bertz CT molecular complexity index is 950. The Labute approximate surface area is 181 Å². The number of carbonyl (C=O) groups is 1. The zero-order valence-electron chi connectivity index (χ0n) is 16.7. The van der Waals surface area contributed by atoms with Crippen LogP contribution >= 0.6 is 11.3 Å². The number of carbonyl (C=O) groups excluding carboxylic acids is 1. The molecule has 0 radical (unpaired) electrons. The number of amides is 1. The minimum absolute atomic E-state index is 0.0224. The van der Waals surface area contributed by atoms with E-state index in [9.17, 15) is 13.2 Å². The summed E-state index contributed by atoms with van der Waals surface area (Å²) in [5.74, 6) is -0.182. The van der Waals surface area contributed by atoms with Crippen molar-refractivity contribution in [1.29, 1.82) is 0 Å². The molecule has 0 unspecified atom stereocenters. The van der Waals surface area contributed by atoms with Gasteiger partial charge in [-0.25, -0.2) is 8.42 Å². The Balaban J connectivity index is 1.57. The highest BCUT2D eigenvalue weighted by molar-refractivity contribution is 7.89. The van der Waals surface area contributed by atoms with Gasteiger partial charge in [0.1, 0.15) is 0 Å². The number of hydrogen-bond acceptors (Lipinski definition) is 6. The summed E-state index contributed by atoms with van der Waals surface area (Å²) in [7, 11) is -3.66. The quantitative estimate of drug-likeness (QED) is 0.648. The minimum Gasteiger partial charge on any atom is -0.379 e. The van der Waals surface area contributed by atoms with Crippen LogP contribution in [0.25, 0.3) is 0 Å². The van der Waals surface area contributed by atoms with Gasteiger partial charge >= 0.3 is 0 Å². The van der Waals surface area contributed by atoms with Gasteiger partial charge in [0.05, 0.1) is 30.8 Å². The van der Waals surface area contributed by atoms with E-state index >= 15 is 0 Å². The fourth-order valence-corrected chi connectivity index (χ4v) is 5.93. The summed E-state index contributed by atoms with van der Waals surface area (Å²) < 4.78 is 38.4. The number of benzene rings is 1. The van der Waals surface area contributed by atoms with E-state index in [0.717, 1.165) is 24.3 Å². The molecule has 4 rings (SSSR count). The maximum Gasteiger partial charge on any atom is 0.254 e. The van der Waals surface area contributed by atoms with Crippen LogP contribution in [0.1, 0.15) is 28.1 Å². The first-order chi connectivity index (χ1) is 14.5. The lowest BCUT2D eigenvalue weighted by Crippen LogP contribution is -2.40. The average molecular weight is 451 g/mol. The Kier molecular flexibility index (Phi) is 6.84. The zero-order chi connectivity index (χ0) is 21.0. The molecule has 3 heterocycles. The van der Waals surface area contributed by atoms with E-state index in [0.29, 0.717) is 45.0 Å². The fraction of sp³-hybridized carbons (Fsp3) is 0.476. The number of hydrogen-bond donors (Lipinski definition) is 0. The van der Waals surface area contributed by atoms with Crippen molar-refractivity contribution in [3.8, 4) is 0 Å². The second-order valence-corrected chi connectivity index (χ2v) is 10.4. The minimum atomic E-state index is -3.66. The Hall–Kier alpha value is -1.78. The van der Waals surface area contributed by atoms with Gasteiger partial charge in [-0.1, -0.05) is 12.1 Å². The summed E-state index contributed by atoms with van der Waals surface area (Å²) in [6.45, 7) is 3.11. The molecule has 1 aromatic heterocycles. The number of thiophene rings is 1. The molecule has 0 aliphatic carbocycles. The van der Waals surface area contributed by atoms with Crippen molar-refractivity contribution in [1.82, 2.24) is 9.21 Å². The van der Waals surface area contributed by atoms with Crippen LogP contribution in [-0.2, 0) is 26.0 Å². The average Bonchev–Trinajstić information content (AvgIpc) is 3.48. The van der Waals surface area contributed by atoms with Gasteiger partial charge in [0.2, 0.25) is 10.0 Å². The van der Waals surface area contributed by atoms with Gasteiger partial charge in [0, 0.05) is 36.7 Å². The highest BCUT2D eigenvalue weighted by Gasteiger charge is 2.28. The Morgan fingerprint density at radius 3 is 2.70 bits per heavy atom. The molecular weight excluding hydrogens is 424 g/mol. The normalized spacial score (nSPS) is 20.3. The van der Waals surface area contributed by atoms with Crippen LogP contribution in [-0.4, -0.2) is 69.1 Å². The third-order valence-corrected chi connectivity index (χ3v) is 8.11. The monoisotopic (exact) mass is 450 g/mol. The third-order valence-electron chi connectivity index (χ3n) is 5.35. The first-order valence-electron chi connectivity index (χ1n) is 10.2. The molecule has 1 amide bonds. The molecule has 0 N–H and O–H groups in total. The number of nitrogens with zero attached hydrogens (tertiary/aromatic N) is 2. The van der Waals surface area contributed by atoms with Gasteiger partial charge in [-0.15, -0.1) is 11.3 Å². The van der Waals surface area contributed by atoms with Gasteiger partial charge in [-0.3, -0.25) is 4.79 Å². The number of rotatable bonds is 7. The molecule has 162 valence electrons. The van der Waals surface area contributed by atoms with Crippen molar-refractivity contribution in [2.45, 2.75) is 30.4 Å². The lowest BCUT2D eigenvalue weighted by Gasteiger charge is -2.27. The highest BCUT2D eigenvalue weighted by atomic mass is 32.2. The molecule has 7 nitrogen and oxygen atoms in total. The van der Waals surface area contributed by atoms with Gasteiger partial charge in [0.15, 0.2) is 0 Å². The molecule has 0 saturated carbocycles. The molecule has 2 fully saturated rings. The van der Waals surface area contributed by atoms with E-state index in [4.69, 9.17) is 9.47 Å². The molecular formula is C21H26N2O5S2. The van der Waals surface area contributed by atoms with Crippen LogP contribution < -0.4 is 0 Å². The SMILES string of the molecule is O=C(c1cccc(S(=O)(=O)N2CCOCC2)c1)N(Cc1cccs1)C[C@H]1CCCO1. The van der Waals surface area contributed by atoms with Gasteiger partial charge in [0.25, 0.3) is 5.91 Å². The topological polar surface area (TPSA) is 76.2 Å². The van der Waals surface area contributed by atoms with Crippen molar-refractivity contribution in [2.24, 2.45) is 0 Å². The van der Waals surface area contributed by atoms with Crippen molar-refractivity contribution < 1.29 is 22.7 Å². The van der Waals surface area contributed by atoms with Crippen molar-refractivity contribution in [3.05, 3.63) is 52.2 Å². The molecule has 9 heteroatoms. The highest BCUT2D eigenvalue weighted by Crippen LogP contribution is 2.22. The van der Waals surface area contributed by atoms with Crippen LogP contribution in [0.2, 0.25) is 0 Å². The molecule has 2 aromatic rings. The molecule has 2 aliphatic heterocycles. The standard InChI is InChI=1S/C21H26N2O5S2/c24-21(22(15-18-5-2-10-28-18)16-19-6-3-13-29-19)17-4-1-7-20(14-17)30(25,26)23-8-11-27-12-9-23/h1,3-4,6-7,13-14,18H,2,5,8-12,15-16H2/t18-/m1/s1. The summed E-state index contributed by atoms with van der Waals surface area (Å²) in [5, 5.41) is 1.99. The van der Waals surface area contributed by atoms with Gasteiger partial charge in [-0.2, -0.15) is 4.31 Å². The fourth-order valence-electron chi connectivity index (χ4n) is 3.75. The van der Waals surface area contributed by atoms with Crippen LogP contribution in [0.3, 0.4) is 0 Å². The summed E-state index contributed by atoms with van der Waals surface area (Å²) in [5.41, 5.74) is 0.374. The van der Waals surface area contributed by atoms with E-state index in [-0.39, 0.29) is 16.9 Å². The lowest BCUT2D eigenvalue weighted by molar-refractivity contribution is 0.0509. The molecule has 0 bridgehead atoms. The lowest BCUT2D eigenvalue weighted by atomic mass is 10.1. The van der Waals surface area contributed by atoms with Crippen LogP contribution in [0, 0.1) is 0 Å². The maximum atomic E-state index is 13.4. The van der Waals surface area contributed by atoms with Crippen molar-refractivity contribution >= 4 is 27.3 Å². The first-order valence-corrected chi connectivity index (χ1v) is 12.5. The summed E-state index contributed by atoms with van der Waals surface area (Å²) in [4.78, 5) is 16.4. The van der Waals surface area contributed by atoms with Crippen molar-refractivity contribution in [3.63, 3.8) is 0 Å². The van der Waals surface area contributed by atoms with E-state index in [1.807, 2.05) is 17.5 Å². The van der Waals surface area contributed by atoms with E-state index < -0.39 is 10.0 Å². The number of ether oxygens (including phenoxy) is 2. The molecule has 1 aromatic carbocycles. The van der Waals surface area contributed by atoms with Crippen molar-refractivity contribution in [2.75, 3.05) is 39.5 Å². The number of sulfonamides is 1. The van der Waals surface area contributed by atoms with Crippen LogP contribution in [0.5, 0.6) is 0 Å². The summed E-state index contributed by atoms with van der Waals surface area (Å²) >= 11 is 1.60. The molecule has 30 heavy (non-hydrogen) atoms. The smallest absolute Gasteiger partial charge is 0.254 e. The van der Waals surface area contributed by atoms with Crippen LogP contribution in [0.4, 0.5) is 0 Å². The Morgan fingerprint density at radius 2 is 2.00 bits per heavy atom. The Morgan fingerprint density at radius 1 is 1.17 bits per heavy atom. The summed E-state index contributed by atoms with van der Waals surface area (Å²) in [6.07, 6.45) is 1.95. The predicted molar refractivity (Wildman–Crippen MR) is 114 cm³/mol. The van der Waals surface area contributed by atoms with Gasteiger partial charge in [-0.05, 0) is 42.5 Å². The molecule has 1 atom stereocenters. The maximum absolute atomic E-state index is 13.4. The molecule has 0 spiro atoms. The van der Waals surface area contributed by atoms with E-state index in [1.165, 1.54) is 10.4 Å². The zero-order valence-corrected chi connectivity index (χ0v) is 18.4.